The first-order chi connectivity index (χ1) is 9.35. The summed E-state index contributed by atoms with van der Waals surface area (Å²) in [6.45, 7) is 10.4. The highest BCUT2D eigenvalue weighted by atomic mass is 16.5. The Kier molecular flexibility index (Phi) is 6.62. The van der Waals surface area contributed by atoms with Crippen molar-refractivity contribution in [1.82, 2.24) is 10.2 Å². The van der Waals surface area contributed by atoms with Crippen molar-refractivity contribution in [1.29, 1.82) is 0 Å². The molecule has 112 valence electrons. The van der Waals surface area contributed by atoms with Crippen LogP contribution in [0.15, 0.2) is 0 Å². The largest absolute Gasteiger partial charge is 0.381 e. The molecular formula is C16H32N2O. The molecular weight excluding hydrogens is 236 g/mol. The van der Waals surface area contributed by atoms with Gasteiger partial charge in [0.2, 0.25) is 0 Å². The van der Waals surface area contributed by atoms with Crippen molar-refractivity contribution < 1.29 is 4.74 Å². The van der Waals surface area contributed by atoms with Gasteiger partial charge < -0.3 is 15.0 Å². The number of hydrogen-bond acceptors (Lipinski definition) is 3. The van der Waals surface area contributed by atoms with Crippen LogP contribution in [0.1, 0.15) is 51.9 Å². The van der Waals surface area contributed by atoms with Crippen LogP contribution >= 0.6 is 0 Å². The zero-order valence-electron chi connectivity index (χ0n) is 12.8. The van der Waals surface area contributed by atoms with E-state index in [0.717, 1.165) is 19.8 Å². The molecule has 1 N–H and O–H groups in total. The van der Waals surface area contributed by atoms with Gasteiger partial charge >= 0.3 is 0 Å². The van der Waals surface area contributed by atoms with E-state index < -0.39 is 0 Å². The van der Waals surface area contributed by atoms with Gasteiger partial charge in [0.25, 0.3) is 0 Å². The predicted octanol–water partition coefficient (Wildman–Crippen LogP) is 2.66. The molecule has 0 amide bonds. The highest BCUT2D eigenvalue weighted by Crippen LogP contribution is 2.31. The van der Waals surface area contributed by atoms with Gasteiger partial charge in [-0.3, -0.25) is 0 Å². The number of ether oxygens (including phenoxy) is 1. The lowest BCUT2D eigenvalue weighted by Gasteiger charge is -2.41. The van der Waals surface area contributed by atoms with Crippen molar-refractivity contribution in [3.05, 3.63) is 0 Å². The van der Waals surface area contributed by atoms with Gasteiger partial charge in [0.05, 0.1) is 0 Å². The Morgan fingerprint density at radius 2 is 1.74 bits per heavy atom. The molecule has 0 aromatic heterocycles. The molecule has 2 rings (SSSR count). The van der Waals surface area contributed by atoms with E-state index in [9.17, 15) is 0 Å². The van der Waals surface area contributed by atoms with Crippen molar-refractivity contribution in [2.24, 2.45) is 5.41 Å². The Labute approximate surface area is 119 Å². The first-order valence-electron chi connectivity index (χ1n) is 8.35. The van der Waals surface area contributed by atoms with Crippen LogP contribution in [-0.2, 0) is 4.74 Å². The second-order valence-corrected chi connectivity index (χ2v) is 6.48. The zero-order valence-corrected chi connectivity index (χ0v) is 12.8. The van der Waals surface area contributed by atoms with E-state index in [1.54, 1.807) is 0 Å². The molecule has 3 nitrogen and oxygen atoms in total. The van der Waals surface area contributed by atoms with Gasteiger partial charge in [0.1, 0.15) is 0 Å². The van der Waals surface area contributed by atoms with E-state index in [1.807, 2.05) is 0 Å². The molecule has 2 heterocycles. The van der Waals surface area contributed by atoms with Gasteiger partial charge in [0, 0.05) is 26.3 Å². The lowest BCUT2D eigenvalue weighted by molar-refractivity contribution is -0.00381. The molecule has 0 aromatic rings. The molecule has 0 aliphatic carbocycles. The van der Waals surface area contributed by atoms with Gasteiger partial charge in [-0.05, 0) is 57.2 Å². The predicted molar refractivity (Wildman–Crippen MR) is 80.6 cm³/mol. The van der Waals surface area contributed by atoms with Crippen LogP contribution in [0.5, 0.6) is 0 Å². The number of likely N-dealkylation sites (tertiary alicyclic amines) is 1. The summed E-state index contributed by atoms with van der Waals surface area (Å²) in [6.07, 6.45) is 9.36. The minimum absolute atomic E-state index is 0.470. The maximum Gasteiger partial charge on any atom is 0.0472 e. The second kappa shape index (κ2) is 8.23. The summed E-state index contributed by atoms with van der Waals surface area (Å²) in [5.74, 6) is 0. The first-order valence-corrected chi connectivity index (χ1v) is 8.35. The van der Waals surface area contributed by atoms with E-state index in [1.165, 1.54) is 71.1 Å². The zero-order chi connectivity index (χ0) is 13.4. The Morgan fingerprint density at radius 3 is 2.37 bits per heavy atom. The van der Waals surface area contributed by atoms with Crippen LogP contribution < -0.4 is 5.32 Å². The summed E-state index contributed by atoms with van der Waals surface area (Å²) in [4.78, 5) is 2.73. The average Bonchev–Trinajstić information content (AvgIpc) is 2.69. The molecule has 2 aliphatic rings. The minimum Gasteiger partial charge on any atom is -0.381 e. The standard InChI is InChI=1S/C16H32N2O/c1-2-9-17-14-16(7-12-19-13-8-16)15-18-10-5-3-4-6-11-18/h17H,2-15H2,1H3. The van der Waals surface area contributed by atoms with E-state index >= 15 is 0 Å². The Bertz CT molecular complexity index is 231. The van der Waals surface area contributed by atoms with Crippen LogP contribution in [-0.4, -0.2) is 50.8 Å². The van der Waals surface area contributed by atoms with E-state index in [2.05, 4.69) is 17.1 Å². The van der Waals surface area contributed by atoms with E-state index in [0.29, 0.717) is 5.41 Å². The van der Waals surface area contributed by atoms with E-state index in [4.69, 9.17) is 4.74 Å². The molecule has 19 heavy (non-hydrogen) atoms. The molecule has 0 unspecified atom stereocenters. The minimum atomic E-state index is 0.470. The molecule has 0 saturated carbocycles. The molecule has 0 radical (unpaired) electrons. The summed E-state index contributed by atoms with van der Waals surface area (Å²) >= 11 is 0. The van der Waals surface area contributed by atoms with Gasteiger partial charge in [-0.2, -0.15) is 0 Å². The van der Waals surface area contributed by atoms with Crippen molar-refractivity contribution >= 4 is 0 Å². The summed E-state index contributed by atoms with van der Waals surface area (Å²) in [6, 6.07) is 0. The van der Waals surface area contributed by atoms with Gasteiger partial charge in [-0.25, -0.2) is 0 Å². The van der Waals surface area contributed by atoms with Crippen LogP contribution in [0, 0.1) is 5.41 Å². The molecule has 2 aliphatic heterocycles. The van der Waals surface area contributed by atoms with Crippen LogP contribution in [0.2, 0.25) is 0 Å². The third kappa shape index (κ3) is 5.05. The fourth-order valence-corrected chi connectivity index (χ4v) is 3.49. The monoisotopic (exact) mass is 268 g/mol. The maximum absolute atomic E-state index is 5.60. The van der Waals surface area contributed by atoms with Gasteiger partial charge in [0.15, 0.2) is 0 Å². The Morgan fingerprint density at radius 1 is 1.05 bits per heavy atom. The van der Waals surface area contributed by atoms with Crippen molar-refractivity contribution in [3.63, 3.8) is 0 Å². The summed E-state index contributed by atoms with van der Waals surface area (Å²) in [5.41, 5.74) is 0.470. The quantitative estimate of drug-likeness (QED) is 0.750. The van der Waals surface area contributed by atoms with E-state index in [-0.39, 0.29) is 0 Å². The van der Waals surface area contributed by atoms with Crippen LogP contribution in [0.4, 0.5) is 0 Å². The number of nitrogens with zero attached hydrogens (tertiary/aromatic N) is 1. The molecule has 2 fully saturated rings. The molecule has 0 aromatic carbocycles. The molecule has 0 bridgehead atoms. The van der Waals surface area contributed by atoms with Gasteiger partial charge in [-0.15, -0.1) is 0 Å². The van der Waals surface area contributed by atoms with Gasteiger partial charge in [-0.1, -0.05) is 19.8 Å². The SMILES string of the molecule is CCCNCC1(CN2CCCCCC2)CCOCC1. The molecule has 0 atom stereocenters. The lowest BCUT2D eigenvalue weighted by Crippen LogP contribution is -2.47. The first kappa shape index (κ1) is 15.3. The fourth-order valence-electron chi connectivity index (χ4n) is 3.49. The van der Waals surface area contributed by atoms with Crippen LogP contribution in [0.3, 0.4) is 0 Å². The highest BCUT2D eigenvalue weighted by Gasteiger charge is 2.34. The third-order valence-corrected chi connectivity index (χ3v) is 4.74. The summed E-state index contributed by atoms with van der Waals surface area (Å²) in [5, 5.41) is 3.67. The normalized spacial score (nSPS) is 25.1. The smallest absolute Gasteiger partial charge is 0.0472 e. The lowest BCUT2D eigenvalue weighted by atomic mass is 9.79. The maximum atomic E-state index is 5.60. The summed E-state index contributed by atoms with van der Waals surface area (Å²) < 4.78 is 5.60. The van der Waals surface area contributed by atoms with Crippen molar-refractivity contribution in [2.75, 3.05) is 45.9 Å². The Hall–Kier alpha value is -0.120. The molecule has 2 saturated heterocycles. The number of nitrogens with one attached hydrogen (secondary N) is 1. The third-order valence-electron chi connectivity index (χ3n) is 4.74. The second-order valence-electron chi connectivity index (χ2n) is 6.48. The number of rotatable bonds is 6. The van der Waals surface area contributed by atoms with Crippen molar-refractivity contribution in [3.8, 4) is 0 Å². The fraction of sp³-hybridized carbons (Fsp3) is 1.00. The Balaban J connectivity index is 1.87. The van der Waals surface area contributed by atoms with Crippen LogP contribution in [0.25, 0.3) is 0 Å². The highest BCUT2D eigenvalue weighted by molar-refractivity contribution is 4.87. The van der Waals surface area contributed by atoms with Crippen molar-refractivity contribution in [2.45, 2.75) is 51.9 Å². The average molecular weight is 268 g/mol. The summed E-state index contributed by atoms with van der Waals surface area (Å²) in [7, 11) is 0. The molecule has 3 heteroatoms. The molecule has 0 spiro atoms. The topological polar surface area (TPSA) is 24.5 Å². The number of hydrogen-bond donors (Lipinski definition) is 1.